The third-order valence-electron chi connectivity index (χ3n) is 2.83. The van der Waals surface area contributed by atoms with Gasteiger partial charge in [-0.15, -0.1) is 0 Å². The Labute approximate surface area is 87.3 Å². The van der Waals surface area contributed by atoms with E-state index < -0.39 is 0 Å². The minimum atomic E-state index is 0.390. The standard InChI is InChI=1S/C10H20S2/c11-9-5-4-8-10(12)6-2-1-3-7-10/h11-12H,1-9H2. The Morgan fingerprint density at radius 2 is 1.67 bits per heavy atom. The van der Waals surface area contributed by atoms with Crippen LogP contribution in [0.25, 0.3) is 0 Å². The predicted molar refractivity (Wildman–Crippen MR) is 62.5 cm³/mol. The average Bonchev–Trinajstić information content (AvgIpc) is 2.06. The molecule has 0 atom stereocenters. The summed E-state index contributed by atoms with van der Waals surface area (Å²) in [4.78, 5) is 0. The van der Waals surface area contributed by atoms with E-state index in [1.165, 1.54) is 51.4 Å². The van der Waals surface area contributed by atoms with Gasteiger partial charge in [0.25, 0.3) is 0 Å². The molecule has 0 bridgehead atoms. The Balaban J connectivity index is 2.17. The second-order valence-electron chi connectivity index (χ2n) is 3.97. The lowest BCUT2D eigenvalue weighted by molar-refractivity contribution is 0.373. The maximum Gasteiger partial charge on any atom is 0.0130 e. The number of thiol groups is 2. The quantitative estimate of drug-likeness (QED) is 0.506. The molecule has 0 spiro atoms. The highest BCUT2D eigenvalue weighted by atomic mass is 32.1. The van der Waals surface area contributed by atoms with Crippen LogP contribution in [0, 0.1) is 0 Å². The molecule has 0 unspecified atom stereocenters. The molecule has 0 saturated heterocycles. The molecule has 0 amide bonds. The highest BCUT2D eigenvalue weighted by molar-refractivity contribution is 7.81. The summed E-state index contributed by atoms with van der Waals surface area (Å²) in [7, 11) is 0. The van der Waals surface area contributed by atoms with Gasteiger partial charge in [-0.3, -0.25) is 0 Å². The lowest BCUT2D eigenvalue weighted by Crippen LogP contribution is -2.24. The minimum absolute atomic E-state index is 0.390. The van der Waals surface area contributed by atoms with Crippen LogP contribution in [-0.2, 0) is 0 Å². The zero-order chi connectivity index (χ0) is 8.86. The maximum atomic E-state index is 4.80. The normalized spacial score (nSPS) is 22.5. The van der Waals surface area contributed by atoms with E-state index in [2.05, 4.69) is 12.6 Å². The van der Waals surface area contributed by atoms with Crippen LogP contribution in [0.3, 0.4) is 0 Å². The summed E-state index contributed by atoms with van der Waals surface area (Å²) < 4.78 is 0.390. The molecule has 0 aliphatic heterocycles. The molecule has 0 nitrogen and oxygen atoms in total. The third kappa shape index (κ3) is 3.61. The number of hydrogen-bond donors (Lipinski definition) is 2. The van der Waals surface area contributed by atoms with Gasteiger partial charge in [-0.05, 0) is 31.4 Å². The van der Waals surface area contributed by atoms with Gasteiger partial charge >= 0.3 is 0 Å². The summed E-state index contributed by atoms with van der Waals surface area (Å²) in [6.45, 7) is 0. The first-order chi connectivity index (χ1) is 5.77. The van der Waals surface area contributed by atoms with Gasteiger partial charge in [-0.2, -0.15) is 25.3 Å². The Morgan fingerprint density at radius 3 is 2.25 bits per heavy atom. The van der Waals surface area contributed by atoms with Crippen LogP contribution in [0.15, 0.2) is 0 Å². The van der Waals surface area contributed by atoms with Gasteiger partial charge in [0.15, 0.2) is 0 Å². The molecule has 1 saturated carbocycles. The van der Waals surface area contributed by atoms with Gasteiger partial charge in [-0.25, -0.2) is 0 Å². The number of hydrogen-bond acceptors (Lipinski definition) is 2. The van der Waals surface area contributed by atoms with E-state index >= 15 is 0 Å². The van der Waals surface area contributed by atoms with Crippen molar-refractivity contribution < 1.29 is 0 Å². The fourth-order valence-corrected chi connectivity index (χ4v) is 2.72. The molecule has 1 rings (SSSR count). The van der Waals surface area contributed by atoms with E-state index in [4.69, 9.17) is 12.6 Å². The Bertz CT molecular complexity index is 117. The average molecular weight is 204 g/mol. The molecule has 0 radical (unpaired) electrons. The molecular weight excluding hydrogens is 184 g/mol. The number of rotatable bonds is 4. The van der Waals surface area contributed by atoms with Gasteiger partial charge in [0.1, 0.15) is 0 Å². The summed E-state index contributed by atoms with van der Waals surface area (Å²) in [6, 6.07) is 0. The summed E-state index contributed by atoms with van der Waals surface area (Å²) in [6.07, 6.45) is 10.8. The molecule has 0 N–H and O–H groups in total. The molecule has 12 heavy (non-hydrogen) atoms. The zero-order valence-corrected chi connectivity index (χ0v) is 9.55. The molecule has 1 aliphatic carbocycles. The molecular formula is C10H20S2. The van der Waals surface area contributed by atoms with E-state index in [-0.39, 0.29) is 0 Å². The van der Waals surface area contributed by atoms with Crippen molar-refractivity contribution in [3.05, 3.63) is 0 Å². The van der Waals surface area contributed by atoms with Gasteiger partial charge in [0, 0.05) is 4.75 Å². The summed E-state index contributed by atoms with van der Waals surface area (Å²) in [5.74, 6) is 1.03. The largest absolute Gasteiger partial charge is 0.179 e. The fourth-order valence-electron chi connectivity index (χ4n) is 2.03. The summed E-state index contributed by atoms with van der Waals surface area (Å²) in [5, 5.41) is 0. The van der Waals surface area contributed by atoms with E-state index in [9.17, 15) is 0 Å². The van der Waals surface area contributed by atoms with Crippen molar-refractivity contribution in [1.82, 2.24) is 0 Å². The van der Waals surface area contributed by atoms with E-state index in [1.54, 1.807) is 0 Å². The Hall–Kier alpha value is 0.700. The molecule has 2 heteroatoms. The lowest BCUT2D eigenvalue weighted by Gasteiger charge is -2.32. The van der Waals surface area contributed by atoms with E-state index in [0.29, 0.717) is 4.75 Å². The SMILES string of the molecule is SCCCCC1(S)CCCCC1. The van der Waals surface area contributed by atoms with Crippen molar-refractivity contribution in [3.8, 4) is 0 Å². The molecule has 1 aliphatic rings. The van der Waals surface area contributed by atoms with Crippen LogP contribution >= 0.6 is 25.3 Å². The summed E-state index contributed by atoms with van der Waals surface area (Å²) in [5.41, 5.74) is 0. The van der Waals surface area contributed by atoms with Crippen LogP contribution in [0.2, 0.25) is 0 Å². The van der Waals surface area contributed by atoms with Crippen LogP contribution in [0.1, 0.15) is 51.4 Å². The van der Waals surface area contributed by atoms with Crippen LogP contribution in [-0.4, -0.2) is 10.5 Å². The highest BCUT2D eigenvalue weighted by Gasteiger charge is 2.26. The maximum absolute atomic E-state index is 4.80. The smallest absolute Gasteiger partial charge is 0.0130 e. The van der Waals surface area contributed by atoms with E-state index in [1.807, 2.05) is 0 Å². The Morgan fingerprint density at radius 1 is 1.00 bits per heavy atom. The second kappa shape index (κ2) is 5.43. The van der Waals surface area contributed by atoms with Crippen molar-refractivity contribution in [3.63, 3.8) is 0 Å². The van der Waals surface area contributed by atoms with Crippen molar-refractivity contribution in [1.29, 1.82) is 0 Å². The van der Waals surface area contributed by atoms with Gasteiger partial charge in [0.2, 0.25) is 0 Å². The molecule has 1 fully saturated rings. The minimum Gasteiger partial charge on any atom is -0.179 e. The molecule has 0 aromatic rings. The monoisotopic (exact) mass is 204 g/mol. The van der Waals surface area contributed by atoms with Gasteiger partial charge in [-0.1, -0.05) is 25.7 Å². The predicted octanol–water partition coefficient (Wildman–Crippen LogP) is 3.72. The fraction of sp³-hybridized carbons (Fsp3) is 1.00. The molecule has 0 aromatic carbocycles. The Kier molecular flexibility index (Phi) is 4.88. The highest BCUT2D eigenvalue weighted by Crippen LogP contribution is 2.37. The van der Waals surface area contributed by atoms with Gasteiger partial charge in [0.05, 0.1) is 0 Å². The molecule has 0 heterocycles. The van der Waals surface area contributed by atoms with Crippen molar-refractivity contribution in [2.24, 2.45) is 0 Å². The van der Waals surface area contributed by atoms with Crippen LogP contribution in [0.4, 0.5) is 0 Å². The topological polar surface area (TPSA) is 0 Å². The van der Waals surface area contributed by atoms with Crippen molar-refractivity contribution in [2.45, 2.75) is 56.1 Å². The molecule has 0 aromatic heterocycles. The second-order valence-corrected chi connectivity index (χ2v) is 5.36. The van der Waals surface area contributed by atoms with Crippen molar-refractivity contribution >= 4 is 25.3 Å². The summed E-state index contributed by atoms with van der Waals surface area (Å²) >= 11 is 9.02. The third-order valence-corrected chi connectivity index (χ3v) is 3.82. The molecule has 72 valence electrons. The van der Waals surface area contributed by atoms with Crippen molar-refractivity contribution in [2.75, 3.05) is 5.75 Å². The number of unbranched alkanes of at least 4 members (excludes halogenated alkanes) is 1. The first-order valence-electron chi connectivity index (χ1n) is 5.10. The van der Waals surface area contributed by atoms with Crippen LogP contribution < -0.4 is 0 Å². The lowest BCUT2D eigenvalue weighted by atomic mass is 9.85. The van der Waals surface area contributed by atoms with E-state index in [0.717, 1.165) is 5.75 Å². The zero-order valence-electron chi connectivity index (χ0n) is 7.76. The first-order valence-corrected chi connectivity index (χ1v) is 6.18. The van der Waals surface area contributed by atoms with Gasteiger partial charge < -0.3 is 0 Å². The van der Waals surface area contributed by atoms with Crippen LogP contribution in [0.5, 0.6) is 0 Å². The first kappa shape index (κ1) is 10.8.